The van der Waals surface area contributed by atoms with Crippen molar-refractivity contribution in [2.75, 3.05) is 49.7 Å². The molecule has 1 saturated heterocycles. The van der Waals surface area contributed by atoms with Gasteiger partial charge in [0.15, 0.2) is 11.5 Å². The molecule has 0 bridgehead atoms. The number of piperazine rings is 1. The van der Waals surface area contributed by atoms with Gasteiger partial charge >= 0.3 is 0 Å². The molecule has 4 rings (SSSR count). The summed E-state index contributed by atoms with van der Waals surface area (Å²) in [5.74, 6) is 1.28. The fraction of sp³-hybridized carbons (Fsp3) is 0.348. The van der Waals surface area contributed by atoms with E-state index in [1.807, 2.05) is 30.3 Å². The first-order valence-corrected chi connectivity index (χ1v) is 10.1. The maximum Gasteiger partial charge on any atom is 0.248 e. The van der Waals surface area contributed by atoms with Crippen LogP contribution in [0.15, 0.2) is 42.5 Å². The second kappa shape index (κ2) is 8.57. The number of fused-ring (bicyclic) bond motifs is 1. The molecule has 0 aromatic heterocycles. The number of carbonyl (C=O) groups excluding carboxylic acids is 1. The van der Waals surface area contributed by atoms with Gasteiger partial charge < -0.3 is 24.6 Å². The van der Waals surface area contributed by atoms with Crippen molar-refractivity contribution in [2.24, 2.45) is 0 Å². The minimum absolute atomic E-state index is 0.161. The van der Waals surface area contributed by atoms with Crippen LogP contribution in [0.2, 0.25) is 0 Å². The highest BCUT2D eigenvalue weighted by atomic mass is 16.7. The van der Waals surface area contributed by atoms with Crippen LogP contribution in [0.5, 0.6) is 11.5 Å². The maximum absolute atomic E-state index is 12.3. The number of aryl methyl sites for hydroxylation is 1. The average Bonchev–Trinajstić information content (AvgIpc) is 3.20. The summed E-state index contributed by atoms with van der Waals surface area (Å²) in [5, 5.41) is 2.94. The van der Waals surface area contributed by atoms with Gasteiger partial charge in [-0.3, -0.25) is 4.79 Å². The summed E-state index contributed by atoms with van der Waals surface area (Å²) in [6, 6.07) is 11.7. The molecule has 0 atom stereocenters. The van der Waals surface area contributed by atoms with Gasteiger partial charge in [-0.1, -0.05) is 13.0 Å². The third kappa shape index (κ3) is 4.54. The highest BCUT2D eigenvalue weighted by Crippen LogP contribution is 2.32. The van der Waals surface area contributed by atoms with E-state index in [0.717, 1.165) is 49.7 Å². The molecule has 6 heteroatoms. The van der Waals surface area contributed by atoms with Crippen molar-refractivity contribution < 1.29 is 14.3 Å². The van der Waals surface area contributed by atoms with Gasteiger partial charge in [-0.15, -0.1) is 0 Å². The van der Waals surface area contributed by atoms with E-state index < -0.39 is 0 Å². The molecule has 1 fully saturated rings. The van der Waals surface area contributed by atoms with Crippen molar-refractivity contribution in [2.45, 2.75) is 13.8 Å². The molecular formula is C23H27N3O3. The van der Waals surface area contributed by atoms with Crippen molar-refractivity contribution in [1.29, 1.82) is 0 Å². The normalized spacial score (nSPS) is 16.4. The highest BCUT2D eigenvalue weighted by molar-refractivity contribution is 6.02. The summed E-state index contributed by atoms with van der Waals surface area (Å²) in [6.07, 6.45) is 3.30. The average molecular weight is 393 g/mol. The molecule has 2 heterocycles. The Bertz CT molecular complexity index is 918. The van der Waals surface area contributed by atoms with E-state index in [1.54, 1.807) is 6.08 Å². The third-order valence-corrected chi connectivity index (χ3v) is 5.45. The number of rotatable bonds is 5. The Morgan fingerprint density at radius 1 is 1.07 bits per heavy atom. The lowest BCUT2D eigenvalue weighted by Crippen LogP contribution is -2.46. The lowest BCUT2D eigenvalue weighted by molar-refractivity contribution is -0.111. The van der Waals surface area contributed by atoms with Gasteiger partial charge in [-0.05, 0) is 61.0 Å². The molecule has 0 radical (unpaired) electrons. The van der Waals surface area contributed by atoms with Gasteiger partial charge in [0.25, 0.3) is 0 Å². The summed E-state index contributed by atoms with van der Waals surface area (Å²) < 4.78 is 10.7. The number of ether oxygens (including phenoxy) is 2. The molecule has 6 nitrogen and oxygen atoms in total. The van der Waals surface area contributed by atoms with Crippen molar-refractivity contribution in [3.8, 4) is 11.5 Å². The van der Waals surface area contributed by atoms with Crippen molar-refractivity contribution in [3.05, 3.63) is 53.6 Å². The number of amides is 1. The molecule has 2 aromatic carbocycles. The summed E-state index contributed by atoms with van der Waals surface area (Å²) in [4.78, 5) is 17.2. The van der Waals surface area contributed by atoms with Crippen LogP contribution in [0.1, 0.15) is 18.1 Å². The van der Waals surface area contributed by atoms with Gasteiger partial charge in [0.1, 0.15) is 0 Å². The summed E-state index contributed by atoms with van der Waals surface area (Å²) >= 11 is 0. The lowest BCUT2D eigenvalue weighted by Gasteiger charge is -2.36. The Balaban J connectivity index is 1.36. The number of hydrogen-bond donors (Lipinski definition) is 1. The summed E-state index contributed by atoms with van der Waals surface area (Å²) in [7, 11) is 0. The number of nitrogens with zero attached hydrogens (tertiary/aromatic N) is 2. The SMILES string of the molecule is CCN1CCN(c2ccc(NC(=O)/C=C/c3ccc4c(c3)OCO4)cc2C)CC1. The van der Waals surface area contributed by atoms with Crippen LogP contribution in [0.3, 0.4) is 0 Å². The lowest BCUT2D eigenvalue weighted by atomic mass is 10.1. The fourth-order valence-electron chi connectivity index (χ4n) is 3.77. The zero-order valence-electron chi connectivity index (χ0n) is 17.0. The predicted molar refractivity (Wildman–Crippen MR) is 116 cm³/mol. The standard InChI is InChI=1S/C23H27N3O3/c1-3-25-10-12-26(13-11-25)20-7-6-19(14-17(20)2)24-23(27)9-5-18-4-8-21-22(15-18)29-16-28-21/h4-9,14-15H,3,10-13,16H2,1-2H3,(H,24,27)/b9-5+. The van der Waals surface area contributed by atoms with Gasteiger partial charge in [0, 0.05) is 43.6 Å². The number of carbonyl (C=O) groups is 1. The van der Waals surface area contributed by atoms with Gasteiger partial charge in [0.2, 0.25) is 12.7 Å². The zero-order chi connectivity index (χ0) is 20.2. The Hall–Kier alpha value is -2.99. The van der Waals surface area contributed by atoms with Gasteiger partial charge in [0.05, 0.1) is 0 Å². The van der Waals surface area contributed by atoms with Crippen LogP contribution in [0.4, 0.5) is 11.4 Å². The third-order valence-electron chi connectivity index (χ3n) is 5.45. The molecule has 2 aliphatic rings. The molecule has 1 N–H and O–H groups in total. The Morgan fingerprint density at radius 2 is 1.86 bits per heavy atom. The Morgan fingerprint density at radius 3 is 2.62 bits per heavy atom. The zero-order valence-corrected chi connectivity index (χ0v) is 17.0. The molecule has 0 spiro atoms. The van der Waals surface area contributed by atoms with Crippen LogP contribution in [0.25, 0.3) is 6.08 Å². The van der Waals surface area contributed by atoms with Crippen LogP contribution in [-0.4, -0.2) is 50.3 Å². The molecule has 0 aliphatic carbocycles. The van der Waals surface area contributed by atoms with E-state index in [0.29, 0.717) is 5.75 Å². The van der Waals surface area contributed by atoms with Gasteiger partial charge in [-0.2, -0.15) is 0 Å². The van der Waals surface area contributed by atoms with E-state index in [1.165, 1.54) is 17.3 Å². The second-order valence-electron chi connectivity index (χ2n) is 7.36. The monoisotopic (exact) mass is 393 g/mol. The van der Waals surface area contributed by atoms with Crippen LogP contribution in [-0.2, 0) is 4.79 Å². The van der Waals surface area contributed by atoms with Gasteiger partial charge in [-0.25, -0.2) is 0 Å². The number of anilines is 2. The Labute approximate surface area is 171 Å². The highest BCUT2D eigenvalue weighted by Gasteiger charge is 2.17. The molecule has 29 heavy (non-hydrogen) atoms. The number of benzene rings is 2. The minimum atomic E-state index is -0.161. The predicted octanol–water partition coefficient (Wildman–Crippen LogP) is 3.52. The number of nitrogens with one attached hydrogen (secondary N) is 1. The largest absolute Gasteiger partial charge is 0.454 e. The van der Waals surface area contributed by atoms with Crippen molar-refractivity contribution >= 4 is 23.4 Å². The molecular weight excluding hydrogens is 366 g/mol. The van der Waals surface area contributed by atoms with E-state index >= 15 is 0 Å². The number of hydrogen-bond acceptors (Lipinski definition) is 5. The van der Waals surface area contributed by atoms with Crippen LogP contribution in [0, 0.1) is 6.92 Å². The van der Waals surface area contributed by atoms with Crippen LogP contribution < -0.4 is 19.7 Å². The fourth-order valence-corrected chi connectivity index (χ4v) is 3.77. The van der Waals surface area contributed by atoms with E-state index in [9.17, 15) is 4.79 Å². The topological polar surface area (TPSA) is 54.0 Å². The number of likely N-dealkylation sites (N-methyl/N-ethyl adjacent to an activating group) is 1. The molecule has 152 valence electrons. The smallest absolute Gasteiger partial charge is 0.248 e. The van der Waals surface area contributed by atoms with E-state index in [2.05, 4.69) is 35.0 Å². The summed E-state index contributed by atoms with van der Waals surface area (Å²) in [5.41, 5.74) is 4.11. The van der Waals surface area contributed by atoms with Crippen molar-refractivity contribution in [3.63, 3.8) is 0 Å². The van der Waals surface area contributed by atoms with Crippen LogP contribution >= 0.6 is 0 Å². The quantitative estimate of drug-likeness (QED) is 0.788. The first-order chi connectivity index (χ1) is 14.1. The van der Waals surface area contributed by atoms with E-state index in [4.69, 9.17) is 9.47 Å². The first-order valence-electron chi connectivity index (χ1n) is 10.1. The van der Waals surface area contributed by atoms with Crippen molar-refractivity contribution in [1.82, 2.24) is 4.90 Å². The molecule has 2 aromatic rings. The van der Waals surface area contributed by atoms with E-state index in [-0.39, 0.29) is 12.7 Å². The molecule has 1 amide bonds. The maximum atomic E-state index is 12.3. The first kappa shape index (κ1) is 19.3. The molecule has 0 saturated carbocycles. The summed E-state index contributed by atoms with van der Waals surface area (Å²) in [6.45, 7) is 9.93. The molecule has 0 unspecified atom stereocenters. The molecule has 2 aliphatic heterocycles. The minimum Gasteiger partial charge on any atom is -0.454 e. The Kier molecular flexibility index (Phi) is 5.71. The second-order valence-corrected chi connectivity index (χ2v) is 7.36.